The number of rotatable bonds is 4. The molecule has 0 aliphatic heterocycles. The number of furan rings is 1. The van der Waals surface area contributed by atoms with Crippen molar-refractivity contribution in [1.82, 2.24) is 19.5 Å². The van der Waals surface area contributed by atoms with E-state index in [0.717, 1.165) is 49.9 Å². The molecule has 9 rings (SSSR count). The third-order valence-corrected chi connectivity index (χ3v) is 14.2. The Bertz CT molecular complexity index is 3140. The van der Waals surface area contributed by atoms with Gasteiger partial charge in [0.05, 0.1) is 5.69 Å². The van der Waals surface area contributed by atoms with Crippen LogP contribution in [0.4, 0.5) is 0 Å². The van der Waals surface area contributed by atoms with Gasteiger partial charge in [0.1, 0.15) is 115 Å². The second kappa shape index (κ2) is 13.7. The fourth-order valence-electron chi connectivity index (χ4n) is 9.78. The average molecular weight is 730 g/mol. The van der Waals surface area contributed by atoms with E-state index >= 15 is 0 Å². The molecule has 0 radical (unpaired) electrons. The summed E-state index contributed by atoms with van der Waals surface area (Å²) < 4.78 is 10.0. The van der Waals surface area contributed by atoms with Gasteiger partial charge in [0, 0.05) is 38.5 Å². The minimum atomic E-state index is 0.647. The van der Waals surface area contributed by atoms with Gasteiger partial charge in [-0.25, -0.2) is 15.0 Å². The maximum atomic E-state index is 7.44. The van der Waals surface area contributed by atoms with Gasteiger partial charge in [-0.15, -0.1) is 10.9 Å². The van der Waals surface area contributed by atoms with Gasteiger partial charge in [0.15, 0.2) is 23.1 Å². The third-order valence-electron chi connectivity index (χ3n) is 14.2. The van der Waals surface area contributed by atoms with E-state index in [1.165, 1.54) is 92.7 Å². The molecule has 0 unspecified atom stereocenters. The fourth-order valence-corrected chi connectivity index (χ4v) is 9.78. The fraction of sp³-hybridized carbons (Fsp3) is 0. The summed E-state index contributed by atoms with van der Waals surface area (Å²) in [6, 6.07) is 20.4. The van der Waals surface area contributed by atoms with Gasteiger partial charge in [0.25, 0.3) is 0 Å². The monoisotopic (exact) mass is 732 g/mol. The molecule has 0 aliphatic rings. The van der Waals surface area contributed by atoms with Crippen molar-refractivity contribution in [1.29, 1.82) is 0 Å². The van der Waals surface area contributed by atoms with Crippen molar-refractivity contribution in [3.63, 3.8) is 0 Å². The Kier molecular flexibility index (Phi) is 9.07. The quantitative estimate of drug-likeness (QED) is 0.169. The molecule has 0 spiro atoms. The van der Waals surface area contributed by atoms with E-state index < -0.39 is 0 Å². The molecule has 0 N–H and O–H groups in total. The van der Waals surface area contributed by atoms with Crippen molar-refractivity contribution in [3.05, 3.63) is 60.7 Å². The van der Waals surface area contributed by atoms with E-state index in [1.807, 2.05) is 36.4 Å². The first-order valence-electron chi connectivity index (χ1n) is 20.5. The van der Waals surface area contributed by atoms with Crippen LogP contribution < -0.4 is 76.5 Å². The topological polar surface area (TPSA) is 56.7 Å². The van der Waals surface area contributed by atoms with Crippen molar-refractivity contribution in [2.45, 2.75) is 0 Å². The molecule has 0 saturated carbocycles. The van der Waals surface area contributed by atoms with Crippen LogP contribution in [-0.2, 0) is 0 Å². The van der Waals surface area contributed by atoms with Crippen LogP contribution in [0.3, 0.4) is 0 Å². The number of benzene rings is 6. The molecule has 0 aliphatic carbocycles. The Labute approximate surface area is 352 Å². The molecule has 0 amide bonds. The van der Waals surface area contributed by atoms with Crippen LogP contribution in [0.1, 0.15) is 0 Å². The van der Waals surface area contributed by atoms with Gasteiger partial charge >= 0.3 is 0 Å². The molecular formula is C39H38B14N4O. The van der Waals surface area contributed by atoms with Crippen molar-refractivity contribution in [2.24, 2.45) is 0 Å². The standard InChI is InChI=1S/C39H38B14N4O/c40-18-13-14-19(41)25(47)28(50)30(52)33(14)57(32(13)29(51)27(49)24(18)46)34-31(53)26(48)21(43)16-15-20(42)22(44)17(23(45)35(15)58-36(16)34)39-55-37(11-7-3-1-4-8-11)54-38(56-39)12-9-5-2-6-10-12/h1-10H,40-53H2. The van der Waals surface area contributed by atoms with Gasteiger partial charge in [-0.3, -0.25) is 0 Å². The number of fused-ring (bicyclic) bond motifs is 6. The molecule has 0 atom stereocenters. The summed E-state index contributed by atoms with van der Waals surface area (Å²) in [5.74, 6) is 1.94. The Hall–Kier alpha value is -5.16. The van der Waals surface area contributed by atoms with Crippen LogP contribution in [0.15, 0.2) is 65.1 Å². The zero-order valence-electron chi connectivity index (χ0n) is 36.5. The molecule has 19 heteroatoms. The lowest BCUT2D eigenvalue weighted by atomic mass is 9.63. The van der Waals surface area contributed by atoms with Crippen LogP contribution in [-0.4, -0.2) is 129 Å². The van der Waals surface area contributed by atoms with Gasteiger partial charge in [-0.1, -0.05) is 121 Å². The zero-order chi connectivity index (χ0) is 41.2. The largest absolute Gasteiger partial charge is 0.454 e. The SMILES string of the molecule is Bc1c(B)c(B)c2c(oc3c(B)c(-c4nc(-c5ccccc5)nc(-c5ccccc5)n4)c(B)c(B)c32)c1-n1c2c(B)c(B)c(B)c(B)c2c2c(B)c(B)c(B)c(B)c21. The first kappa shape index (κ1) is 38.4. The second-order valence-electron chi connectivity index (χ2n) is 16.8. The first-order valence-corrected chi connectivity index (χ1v) is 20.5. The third kappa shape index (κ3) is 5.27. The zero-order valence-corrected chi connectivity index (χ0v) is 36.5. The molecule has 3 heterocycles. The number of nitrogens with zero attached hydrogens (tertiary/aromatic N) is 4. The van der Waals surface area contributed by atoms with Gasteiger partial charge in [0.2, 0.25) is 0 Å². The van der Waals surface area contributed by atoms with Crippen molar-refractivity contribution < 1.29 is 4.42 Å². The summed E-state index contributed by atoms with van der Waals surface area (Å²) in [5.41, 5.74) is 26.2. The molecule has 0 saturated heterocycles. The first-order chi connectivity index (χ1) is 27.6. The molecule has 262 valence electrons. The van der Waals surface area contributed by atoms with E-state index in [2.05, 4.69) is 139 Å². The summed E-state index contributed by atoms with van der Waals surface area (Å²) in [6.45, 7) is 0. The Morgan fingerprint density at radius 1 is 0.345 bits per heavy atom. The molecule has 58 heavy (non-hydrogen) atoms. The summed E-state index contributed by atoms with van der Waals surface area (Å²) in [4.78, 5) is 15.4. The van der Waals surface area contributed by atoms with Gasteiger partial charge in [-0.05, 0) is 16.2 Å². The van der Waals surface area contributed by atoms with Crippen LogP contribution in [0.5, 0.6) is 0 Å². The summed E-state index contributed by atoms with van der Waals surface area (Å²) in [7, 11) is 31.8. The molecule has 3 aromatic heterocycles. The lowest BCUT2D eigenvalue weighted by Crippen LogP contribution is -2.49. The lowest BCUT2D eigenvalue weighted by molar-refractivity contribution is 0.670. The average Bonchev–Trinajstić information content (AvgIpc) is 3.81. The van der Waals surface area contributed by atoms with E-state index in [4.69, 9.17) is 19.4 Å². The number of aromatic nitrogens is 4. The molecule has 0 bridgehead atoms. The Morgan fingerprint density at radius 2 is 0.724 bits per heavy atom. The molecular weight excluding hydrogens is 692 g/mol. The van der Waals surface area contributed by atoms with E-state index in [1.54, 1.807) is 0 Å². The summed E-state index contributed by atoms with van der Waals surface area (Å²) >= 11 is 0. The van der Waals surface area contributed by atoms with Crippen molar-refractivity contribution in [3.8, 4) is 39.9 Å². The molecule has 0 fully saturated rings. The highest BCUT2D eigenvalue weighted by molar-refractivity contribution is 6.72. The van der Waals surface area contributed by atoms with E-state index in [-0.39, 0.29) is 0 Å². The highest BCUT2D eigenvalue weighted by Gasteiger charge is 2.29. The maximum Gasteiger partial charge on any atom is 0.164 e. The maximum absolute atomic E-state index is 7.44. The number of hydrogen-bond donors (Lipinski definition) is 0. The van der Waals surface area contributed by atoms with Crippen molar-refractivity contribution >= 4 is 230 Å². The Morgan fingerprint density at radius 3 is 1.21 bits per heavy atom. The highest BCUT2D eigenvalue weighted by Crippen LogP contribution is 2.34. The second-order valence-corrected chi connectivity index (χ2v) is 16.8. The van der Waals surface area contributed by atoms with Crippen LogP contribution in [0.2, 0.25) is 0 Å². The summed E-state index contributed by atoms with van der Waals surface area (Å²) in [5, 5.41) is 5.05. The van der Waals surface area contributed by atoms with E-state index in [9.17, 15) is 0 Å². The van der Waals surface area contributed by atoms with Crippen LogP contribution >= 0.6 is 0 Å². The minimum Gasteiger partial charge on any atom is -0.454 e. The number of hydrogen-bond acceptors (Lipinski definition) is 4. The minimum absolute atomic E-state index is 0.647. The molecule has 5 nitrogen and oxygen atoms in total. The predicted octanol–water partition coefficient (Wildman–Crippen LogP) is -14.5. The van der Waals surface area contributed by atoms with Gasteiger partial charge < -0.3 is 8.98 Å². The van der Waals surface area contributed by atoms with Gasteiger partial charge in [-0.2, -0.15) is 0 Å². The van der Waals surface area contributed by atoms with Crippen LogP contribution in [0, 0.1) is 0 Å². The predicted molar refractivity (Wildman–Crippen MR) is 292 cm³/mol. The Balaban J connectivity index is 1.44. The lowest BCUT2D eigenvalue weighted by Gasteiger charge is -2.21. The van der Waals surface area contributed by atoms with Crippen molar-refractivity contribution in [2.75, 3.05) is 0 Å². The normalized spacial score (nSPS) is 11.7. The smallest absolute Gasteiger partial charge is 0.164 e. The molecule has 6 aromatic carbocycles. The van der Waals surface area contributed by atoms with E-state index in [0.29, 0.717) is 17.5 Å². The molecule has 9 aromatic rings. The summed E-state index contributed by atoms with van der Waals surface area (Å²) in [6.07, 6.45) is 0. The highest BCUT2D eigenvalue weighted by atomic mass is 16.3. The van der Waals surface area contributed by atoms with Crippen LogP contribution in [0.25, 0.3) is 83.6 Å².